The van der Waals surface area contributed by atoms with E-state index in [9.17, 15) is 9.18 Å². The largest absolute Gasteiger partial charge is 0.351 e. The lowest BCUT2D eigenvalue weighted by Gasteiger charge is -2.34. The number of hydrogen-bond donors (Lipinski definition) is 1. The average Bonchev–Trinajstić information content (AvgIpc) is 3.01. The van der Waals surface area contributed by atoms with Gasteiger partial charge in [0.2, 0.25) is 11.9 Å². The van der Waals surface area contributed by atoms with Crippen LogP contribution in [-0.4, -0.2) is 53.1 Å². The lowest BCUT2D eigenvalue weighted by molar-refractivity contribution is -0.122. The van der Waals surface area contributed by atoms with Crippen molar-refractivity contribution in [2.24, 2.45) is 7.05 Å². The van der Waals surface area contributed by atoms with Crippen molar-refractivity contribution in [1.29, 1.82) is 0 Å². The molecule has 6 nitrogen and oxygen atoms in total. The van der Waals surface area contributed by atoms with E-state index in [-0.39, 0.29) is 36.5 Å². The summed E-state index contributed by atoms with van der Waals surface area (Å²) in [6.07, 6.45) is 3.73. The number of aryl methyl sites for hydroxylation is 1. The van der Waals surface area contributed by atoms with E-state index < -0.39 is 0 Å². The van der Waals surface area contributed by atoms with Gasteiger partial charge in [-0.3, -0.25) is 9.69 Å². The lowest BCUT2D eigenvalue weighted by atomic mass is 10.2. The van der Waals surface area contributed by atoms with Crippen molar-refractivity contribution in [2.75, 3.05) is 37.6 Å². The number of carbonyl (C=O) groups excluding carboxylic acids is 1. The van der Waals surface area contributed by atoms with Crippen LogP contribution in [0, 0.1) is 5.82 Å². The van der Waals surface area contributed by atoms with Gasteiger partial charge in [0, 0.05) is 52.2 Å². The third-order valence-corrected chi connectivity index (χ3v) is 4.22. The predicted molar refractivity (Wildman–Crippen MR) is 105 cm³/mol. The molecular formula is C17H24Cl2FN5O. The second kappa shape index (κ2) is 10.4. The Bertz CT molecular complexity index is 687. The second-order valence-electron chi connectivity index (χ2n) is 6.00. The molecule has 1 amide bonds. The maximum atomic E-state index is 12.8. The number of benzene rings is 1. The third kappa shape index (κ3) is 5.86. The van der Waals surface area contributed by atoms with Gasteiger partial charge in [-0.25, -0.2) is 9.37 Å². The molecule has 3 rings (SSSR count). The van der Waals surface area contributed by atoms with Crippen LogP contribution in [0.1, 0.15) is 5.56 Å². The Kier molecular flexibility index (Phi) is 8.84. The van der Waals surface area contributed by atoms with Crippen LogP contribution in [0.5, 0.6) is 0 Å². The zero-order valence-electron chi connectivity index (χ0n) is 14.6. The van der Waals surface area contributed by atoms with Crippen LogP contribution in [0.3, 0.4) is 0 Å². The SMILES string of the molecule is Cl.Cl.Cn1ccnc1N1CCN(CC(=O)NCc2ccc(F)cc2)CC1. The molecule has 0 saturated carbocycles. The molecule has 1 aliphatic heterocycles. The van der Waals surface area contributed by atoms with Crippen molar-refractivity contribution < 1.29 is 9.18 Å². The number of nitrogens with one attached hydrogen (secondary N) is 1. The quantitative estimate of drug-likeness (QED) is 0.827. The molecule has 1 aliphatic rings. The number of imidazole rings is 1. The van der Waals surface area contributed by atoms with Gasteiger partial charge in [0.25, 0.3) is 0 Å². The summed E-state index contributed by atoms with van der Waals surface area (Å²) in [7, 11) is 1.98. The van der Waals surface area contributed by atoms with E-state index in [1.165, 1.54) is 12.1 Å². The molecule has 1 aromatic carbocycles. The number of rotatable bonds is 5. The zero-order valence-corrected chi connectivity index (χ0v) is 16.2. The molecule has 0 atom stereocenters. The van der Waals surface area contributed by atoms with Crippen LogP contribution in [0.4, 0.5) is 10.3 Å². The number of aromatic nitrogens is 2. The van der Waals surface area contributed by atoms with Gasteiger partial charge in [-0.05, 0) is 17.7 Å². The van der Waals surface area contributed by atoms with Crippen molar-refractivity contribution in [2.45, 2.75) is 6.54 Å². The molecule has 0 radical (unpaired) electrons. The van der Waals surface area contributed by atoms with Crippen LogP contribution in [0.15, 0.2) is 36.7 Å². The summed E-state index contributed by atoms with van der Waals surface area (Å²) in [6, 6.07) is 6.17. The number of carbonyl (C=O) groups is 1. The molecule has 0 spiro atoms. The maximum Gasteiger partial charge on any atom is 0.234 e. The lowest BCUT2D eigenvalue weighted by Crippen LogP contribution is -2.50. The molecule has 0 aliphatic carbocycles. The van der Waals surface area contributed by atoms with Gasteiger partial charge >= 0.3 is 0 Å². The van der Waals surface area contributed by atoms with Crippen LogP contribution in [-0.2, 0) is 18.4 Å². The standard InChI is InChI=1S/C17H22FN5O.2ClH/c1-21-7-6-19-17(21)23-10-8-22(9-11-23)13-16(24)20-12-14-2-4-15(18)5-3-14;;/h2-7H,8-13H2,1H3,(H,20,24);2*1H. The molecule has 0 bridgehead atoms. The number of halogens is 3. The summed E-state index contributed by atoms with van der Waals surface area (Å²) in [4.78, 5) is 20.8. The summed E-state index contributed by atoms with van der Waals surface area (Å²) < 4.78 is 14.9. The van der Waals surface area contributed by atoms with Crippen LogP contribution in [0.25, 0.3) is 0 Å². The Morgan fingerprint density at radius 2 is 1.81 bits per heavy atom. The van der Waals surface area contributed by atoms with Gasteiger partial charge in [0.1, 0.15) is 5.82 Å². The number of anilines is 1. The molecule has 1 fully saturated rings. The zero-order chi connectivity index (χ0) is 16.9. The molecule has 1 N–H and O–H groups in total. The van der Waals surface area contributed by atoms with Gasteiger partial charge in [0.15, 0.2) is 0 Å². The van der Waals surface area contributed by atoms with Gasteiger partial charge < -0.3 is 14.8 Å². The van der Waals surface area contributed by atoms with Crippen molar-refractivity contribution >= 4 is 36.7 Å². The Balaban J connectivity index is 0.00000169. The minimum atomic E-state index is -0.268. The van der Waals surface area contributed by atoms with Gasteiger partial charge in [-0.1, -0.05) is 12.1 Å². The molecule has 2 heterocycles. The smallest absolute Gasteiger partial charge is 0.234 e. The summed E-state index contributed by atoms with van der Waals surface area (Å²) >= 11 is 0. The molecule has 0 unspecified atom stereocenters. The molecule has 2 aromatic rings. The monoisotopic (exact) mass is 403 g/mol. The first-order chi connectivity index (χ1) is 11.6. The first-order valence-corrected chi connectivity index (χ1v) is 8.07. The Labute approximate surface area is 165 Å². The Hall–Kier alpha value is -1.83. The van der Waals surface area contributed by atoms with Crippen molar-refractivity contribution in [3.63, 3.8) is 0 Å². The topological polar surface area (TPSA) is 53.4 Å². The van der Waals surface area contributed by atoms with E-state index in [0.29, 0.717) is 13.1 Å². The highest BCUT2D eigenvalue weighted by molar-refractivity contribution is 5.85. The minimum absolute atomic E-state index is 0. The summed E-state index contributed by atoms with van der Waals surface area (Å²) in [5.41, 5.74) is 0.893. The van der Waals surface area contributed by atoms with Crippen molar-refractivity contribution in [3.05, 3.63) is 48.0 Å². The highest BCUT2D eigenvalue weighted by atomic mass is 35.5. The molecule has 26 heavy (non-hydrogen) atoms. The number of piperazine rings is 1. The van der Waals surface area contributed by atoms with Crippen LogP contribution in [0.2, 0.25) is 0 Å². The summed E-state index contributed by atoms with van der Waals surface area (Å²) in [6.45, 7) is 4.18. The first-order valence-electron chi connectivity index (χ1n) is 8.07. The van der Waals surface area contributed by atoms with E-state index in [0.717, 1.165) is 37.7 Å². The van der Waals surface area contributed by atoms with E-state index >= 15 is 0 Å². The summed E-state index contributed by atoms with van der Waals surface area (Å²) in [5, 5.41) is 2.88. The molecule has 9 heteroatoms. The predicted octanol–water partition coefficient (Wildman–Crippen LogP) is 1.84. The molecular weight excluding hydrogens is 380 g/mol. The highest BCUT2D eigenvalue weighted by Gasteiger charge is 2.21. The van der Waals surface area contributed by atoms with Gasteiger partial charge in [-0.2, -0.15) is 0 Å². The summed E-state index contributed by atoms with van der Waals surface area (Å²) in [5.74, 6) is 0.691. The van der Waals surface area contributed by atoms with E-state index in [1.807, 2.05) is 17.8 Å². The van der Waals surface area contributed by atoms with E-state index in [2.05, 4.69) is 20.1 Å². The Morgan fingerprint density at radius 3 is 2.38 bits per heavy atom. The fourth-order valence-electron chi connectivity index (χ4n) is 2.83. The molecule has 144 valence electrons. The van der Waals surface area contributed by atoms with Crippen molar-refractivity contribution in [3.8, 4) is 0 Å². The van der Waals surface area contributed by atoms with Crippen LogP contribution >= 0.6 is 24.8 Å². The third-order valence-electron chi connectivity index (χ3n) is 4.22. The van der Waals surface area contributed by atoms with E-state index in [4.69, 9.17) is 0 Å². The first kappa shape index (κ1) is 22.2. The molecule has 1 saturated heterocycles. The molecule has 1 aromatic heterocycles. The number of nitrogens with zero attached hydrogens (tertiary/aromatic N) is 4. The second-order valence-corrected chi connectivity index (χ2v) is 6.00. The minimum Gasteiger partial charge on any atom is -0.351 e. The van der Waals surface area contributed by atoms with E-state index in [1.54, 1.807) is 18.3 Å². The maximum absolute atomic E-state index is 12.8. The van der Waals surface area contributed by atoms with Crippen molar-refractivity contribution in [1.82, 2.24) is 19.8 Å². The Morgan fingerprint density at radius 1 is 1.15 bits per heavy atom. The number of hydrogen-bond acceptors (Lipinski definition) is 4. The normalized spacial score (nSPS) is 14.3. The fraction of sp³-hybridized carbons (Fsp3) is 0.412. The van der Waals surface area contributed by atoms with Gasteiger partial charge in [-0.15, -0.1) is 24.8 Å². The highest BCUT2D eigenvalue weighted by Crippen LogP contribution is 2.12. The van der Waals surface area contributed by atoms with Crippen LogP contribution < -0.4 is 10.2 Å². The number of amides is 1. The average molecular weight is 404 g/mol. The fourth-order valence-corrected chi connectivity index (χ4v) is 2.83. The van der Waals surface area contributed by atoms with Gasteiger partial charge in [0.05, 0.1) is 6.54 Å².